The number of rotatable bonds is 5. The van der Waals surface area contributed by atoms with Gasteiger partial charge in [0.25, 0.3) is 5.91 Å². The first-order valence-corrected chi connectivity index (χ1v) is 11.8. The van der Waals surface area contributed by atoms with E-state index in [2.05, 4.69) is 15.0 Å². The number of fused-ring (bicyclic) bond motifs is 3. The van der Waals surface area contributed by atoms with Gasteiger partial charge in [-0.05, 0) is 42.8 Å². The van der Waals surface area contributed by atoms with Crippen molar-refractivity contribution < 1.29 is 22.7 Å². The maximum atomic E-state index is 13.7. The molecule has 1 atom stereocenters. The molecule has 4 heterocycles. The maximum Gasteiger partial charge on any atom is 0.417 e. The van der Waals surface area contributed by atoms with Gasteiger partial charge in [-0.15, -0.1) is 11.3 Å². The Morgan fingerprint density at radius 1 is 1.17 bits per heavy atom. The molecule has 4 aromatic rings. The van der Waals surface area contributed by atoms with Crippen LogP contribution in [-0.2, 0) is 30.6 Å². The number of pyridine rings is 2. The van der Waals surface area contributed by atoms with E-state index in [1.165, 1.54) is 22.3 Å². The van der Waals surface area contributed by atoms with Crippen molar-refractivity contribution in [3.63, 3.8) is 0 Å². The number of hydrogen-bond acceptors (Lipinski definition) is 8. The van der Waals surface area contributed by atoms with Gasteiger partial charge >= 0.3 is 6.18 Å². The number of carbonyl (C=O) groups is 1. The highest BCUT2D eigenvalue weighted by atomic mass is 32.1. The Hall–Kier alpha value is -3.77. The van der Waals surface area contributed by atoms with Gasteiger partial charge in [0, 0.05) is 33.8 Å². The molecule has 1 unspecified atom stereocenters. The van der Waals surface area contributed by atoms with Gasteiger partial charge in [-0.1, -0.05) is 0 Å². The summed E-state index contributed by atoms with van der Waals surface area (Å²) in [5.74, 6) is 0.0717. The van der Waals surface area contributed by atoms with Gasteiger partial charge in [-0.2, -0.15) is 13.2 Å². The van der Waals surface area contributed by atoms with Crippen LogP contribution in [0.3, 0.4) is 0 Å². The number of nitrogen functional groups attached to an aromatic ring is 2. The highest BCUT2D eigenvalue weighted by Gasteiger charge is 2.31. The number of halogens is 3. The van der Waals surface area contributed by atoms with Crippen molar-refractivity contribution in [3.05, 3.63) is 75.6 Å². The van der Waals surface area contributed by atoms with E-state index in [0.717, 1.165) is 33.7 Å². The lowest BCUT2D eigenvalue weighted by atomic mass is 10.00. The summed E-state index contributed by atoms with van der Waals surface area (Å²) in [6.07, 6.45) is -2.36. The van der Waals surface area contributed by atoms with Crippen LogP contribution in [0, 0.1) is 0 Å². The summed E-state index contributed by atoms with van der Waals surface area (Å²) in [5.41, 5.74) is 14.1. The second-order valence-electron chi connectivity index (χ2n) is 8.44. The standard InChI is InChI=1S/C24H21F3N6O2S/c1-12-20-18(11-35-12)17-6-13(2-5-19(17)32-21(20)28)22(34)33(10-16-8-31-23(29)36-16)9-15-4-3-14(7-30-15)24(25,26)27/h2-8,12H,9-11H2,1H3,(H2,28,32)(H2,29,31). The molecule has 8 nitrogen and oxygen atoms in total. The zero-order chi connectivity index (χ0) is 25.6. The number of alkyl halides is 3. The second-order valence-corrected chi connectivity index (χ2v) is 9.58. The lowest BCUT2D eigenvalue weighted by molar-refractivity contribution is -0.137. The molecule has 1 aliphatic rings. The second kappa shape index (κ2) is 9.03. The summed E-state index contributed by atoms with van der Waals surface area (Å²) in [6, 6.07) is 7.34. The Kier molecular flexibility index (Phi) is 6.00. The molecule has 12 heteroatoms. The van der Waals surface area contributed by atoms with Crippen molar-refractivity contribution in [2.45, 2.75) is 38.9 Å². The summed E-state index contributed by atoms with van der Waals surface area (Å²) in [5, 5.41) is 1.12. The molecule has 0 aliphatic carbocycles. The molecular formula is C24H21F3N6O2S. The minimum Gasteiger partial charge on any atom is -0.383 e. The lowest BCUT2D eigenvalue weighted by Gasteiger charge is -2.22. The van der Waals surface area contributed by atoms with Crippen molar-refractivity contribution in [3.8, 4) is 0 Å². The van der Waals surface area contributed by atoms with Gasteiger partial charge in [-0.25, -0.2) is 9.97 Å². The molecule has 1 amide bonds. The Balaban J connectivity index is 1.50. The average molecular weight is 515 g/mol. The van der Waals surface area contributed by atoms with Crippen LogP contribution in [-0.4, -0.2) is 25.8 Å². The van der Waals surface area contributed by atoms with E-state index in [-0.39, 0.29) is 25.1 Å². The van der Waals surface area contributed by atoms with Gasteiger partial charge in [0.15, 0.2) is 5.13 Å². The Bertz CT molecular complexity index is 1460. The quantitative estimate of drug-likeness (QED) is 0.396. The number of nitrogens with zero attached hydrogens (tertiary/aromatic N) is 4. The van der Waals surface area contributed by atoms with Crippen LogP contribution in [0.4, 0.5) is 24.1 Å². The van der Waals surface area contributed by atoms with E-state index in [9.17, 15) is 18.0 Å². The van der Waals surface area contributed by atoms with Crippen LogP contribution < -0.4 is 11.5 Å². The number of benzene rings is 1. The number of ether oxygens (including phenoxy) is 1. The van der Waals surface area contributed by atoms with Crippen molar-refractivity contribution in [2.24, 2.45) is 0 Å². The van der Waals surface area contributed by atoms with E-state index < -0.39 is 11.7 Å². The van der Waals surface area contributed by atoms with Gasteiger partial charge in [0.2, 0.25) is 0 Å². The molecule has 186 valence electrons. The predicted molar refractivity (Wildman–Crippen MR) is 129 cm³/mol. The van der Waals surface area contributed by atoms with Gasteiger partial charge in [0.1, 0.15) is 5.82 Å². The van der Waals surface area contributed by atoms with Crippen molar-refractivity contribution >= 4 is 39.1 Å². The Morgan fingerprint density at radius 2 is 1.97 bits per heavy atom. The van der Waals surface area contributed by atoms with Crippen molar-refractivity contribution in [1.82, 2.24) is 19.9 Å². The van der Waals surface area contributed by atoms with Gasteiger partial charge in [0.05, 0.1) is 42.6 Å². The van der Waals surface area contributed by atoms with Crippen LogP contribution in [0.1, 0.15) is 50.6 Å². The normalized spacial score (nSPS) is 15.3. The number of amides is 1. The van der Waals surface area contributed by atoms with E-state index in [1.54, 1.807) is 24.4 Å². The first-order chi connectivity index (χ1) is 17.1. The Labute approximate surface area is 207 Å². The van der Waals surface area contributed by atoms with Crippen molar-refractivity contribution in [2.75, 3.05) is 11.5 Å². The van der Waals surface area contributed by atoms with E-state index >= 15 is 0 Å². The number of thiazole rings is 1. The topological polar surface area (TPSA) is 120 Å². The zero-order valence-electron chi connectivity index (χ0n) is 19.0. The average Bonchev–Trinajstić information content (AvgIpc) is 3.43. The van der Waals surface area contributed by atoms with Crippen LogP contribution in [0.2, 0.25) is 0 Å². The number of nitrogens with two attached hydrogens (primary N) is 2. The largest absolute Gasteiger partial charge is 0.417 e. The first-order valence-electron chi connectivity index (χ1n) is 11.0. The first kappa shape index (κ1) is 23.9. The van der Waals surface area contributed by atoms with Crippen LogP contribution >= 0.6 is 11.3 Å². The molecule has 0 radical (unpaired) electrons. The van der Waals surface area contributed by atoms with E-state index in [0.29, 0.717) is 34.3 Å². The Morgan fingerprint density at radius 3 is 2.64 bits per heavy atom. The molecule has 0 fully saturated rings. The molecule has 0 bridgehead atoms. The number of carbonyl (C=O) groups excluding carboxylic acids is 1. The summed E-state index contributed by atoms with van der Waals surface area (Å²) < 4.78 is 44.6. The summed E-state index contributed by atoms with van der Waals surface area (Å²) >= 11 is 1.23. The third-order valence-corrected chi connectivity index (χ3v) is 6.82. The van der Waals surface area contributed by atoms with Crippen LogP contribution in [0.15, 0.2) is 42.7 Å². The fourth-order valence-electron chi connectivity index (χ4n) is 4.25. The number of hydrogen-bond donors (Lipinski definition) is 2. The van der Waals surface area contributed by atoms with Crippen LogP contribution in [0.25, 0.3) is 10.9 Å². The monoisotopic (exact) mass is 514 g/mol. The molecule has 0 saturated heterocycles. The summed E-state index contributed by atoms with van der Waals surface area (Å²) in [4.78, 5) is 28.3. The highest BCUT2D eigenvalue weighted by molar-refractivity contribution is 7.15. The summed E-state index contributed by atoms with van der Waals surface area (Å²) in [6.45, 7) is 2.40. The summed E-state index contributed by atoms with van der Waals surface area (Å²) in [7, 11) is 0. The minimum atomic E-state index is -4.49. The lowest BCUT2D eigenvalue weighted by Crippen LogP contribution is -2.30. The molecule has 0 saturated carbocycles. The zero-order valence-corrected chi connectivity index (χ0v) is 19.9. The fraction of sp³-hybridized carbons (Fsp3) is 0.250. The van der Waals surface area contributed by atoms with Crippen LogP contribution in [0.5, 0.6) is 0 Å². The predicted octanol–water partition coefficient (Wildman–Crippen LogP) is 4.70. The molecule has 1 aliphatic heterocycles. The van der Waals surface area contributed by atoms with E-state index in [4.69, 9.17) is 16.2 Å². The smallest absolute Gasteiger partial charge is 0.383 e. The molecule has 4 N–H and O–H groups in total. The van der Waals surface area contributed by atoms with E-state index in [1.807, 2.05) is 6.92 Å². The maximum absolute atomic E-state index is 13.7. The number of aromatic nitrogens is 3. The minimum absolute atomic E-state index is 0.00888. The van der Waals surface area contributed by atoms with Crippen molar-refractivity contribution in [1.29, 1.82) is 0 Å². The molecule has 0 spiro atoms. The SMILES string of the molecule is CC1OCc2c1c(N)nc1ccc(C(=O)N(Cc3ccc(C(F)(F)F)cn3)Cc3cnc(N)s3)cc21. The molecule has 1 aromatic carbocycles. The fourth-order valence-corrected chi connectivity index (χ4v) is 4.95. The van der Waals surface area contributed by atoms with Gasteiger partial charge < -0.3 is 21.1 Å². The molecule has 36 heavy (non-hydrogen) atoms. The molecule has 3 aromatic heterocycles. The van der Waals surface area contributed by atoms with Gasteiger partial charge in [-0.3, -0.25) is 9.78 Å². The third kappa shape index (κ3) is 4.56. The molecule has 5 rings (SSSR count). The highest BCUT2D eigenvalue weighted by Crippen LogP contribution is 2.38. The third-order valence-electron chi connectivity index (χ3n) is 6.01. The number of anilines is 2. The molecular weight excluding hydrogens is 493 g/mol.